The van der Waals surface area contributed by atoms with Crippen molar-refractivity contribution in [3.05, 3.63) is 64.6 Å². The molecule has 1 saturated heterocycles. The molecule has 29 heavy (non-hydrogen) atoms. The topological polar surface area (TPSA) is 113 Å². The molecule has 0 saturated carbocycles. The highest BCUT2D eigenvalue weighted by Crippen LogP contribution is 2.32. The molecular formula is C20H16N2O6S. The van der Waals surface area contributed by atoms with E-state index in [1.54, 1.807) is 24.3 Å². The fourth-order valence-electron chi connectivity index (χ4n) is 2.59. The van der Waals surface area contributed by atoms with Gasteiger partial charge in [-0.2, -0.15) is 0 Å². The van der Waals surface area contributed by atoms with E-state index < -0.39 is 29.6 Å². The molecule has 148 valence electrons. The normalized spacial score (nSPS) is 14.9. The summed E-state index contributed by atoms with van der Waals surface area (Å²) in [5.41, 5.74) is 1.11. The van der Waals surface area contributed by atoms with Crippen LogP contribution in [0.1, 0.15) is 15.9 Å². The lowest BCUT2D eigenvalue weighted by Crippen LogP contribution is -2.36. The van der Waals surface area contributed by atoms with E-state index >= 15 is 0 Å². The minimum absolute atomic E-state index is 0.114. The van der Waals surface area contributed by atoms with Crippen LogP contribution < -0.4 is 10.1 Å². The summed E-state index contributed by atoms with van der Waals surface area (Å²) >= 11 is 0.721. The van der Waals surface area contributed by atoms with Crippen LogP contribution in [0.5, 0.6) is 5.75 Å². The largest absolute Gasteiger partial charge is 0.495 e. The quantitative estimate of drug-likeness (QED) is 0.701. The Morgan fingerprint density at radius 3 is 2.48 bits per heavy atom. The predicted molar refractivity (Wildman–Crippen MR) is 108 cm³/mol. The maximum atomic E-state index is 12.5. The standard InChI is InChI=1S/C20H16N2O6S/c1-28-15-5-3-2-4-14(15)21-17(23)11-22-18(24)16(29-20(22)27)10-12-6-8-13(9-7-12)19(25)26/h2-10H,11H2,1H3,(H,21,23)(H,25,26)/b16-10-. The van der Waals surface area contributed by atoms with Gasteiger partial charge < -0.3 is 15.2 Å². The number of nitrogens with one attached hydrogen (secondary N) is 1. The van der Waals surface area contributed by atoms with Crippen LogP contribution in [0.4, 0.5) is 10.5 Å². The number of ether oxygens (including phenoxy) is 1. The van der Waals surface area contributed by atoms with Crippen LogP contribution >= 0.6 is 11.8 Å². The Bertz CT molecular complexity index is 1020. The zero-order chi connectivity index (χ0) is 21.0. The summed E-state index contributed by atoms with van der Waals surface area (Å²) in [6, 6.07) is 12.7. The molecule has 0 bridgehead atoms. The SMILES string of the molecule is COc1ccccc1NC(=O)CN1C(=O)S/C(=C\c2ccc(C(=O)O)cc2)C1=O. The molecule has 0 spiro atoms. The van der Waals surface area contributed by atoms with Crippen molar-refractivity contribution in [2.24, 2.45) is 0 Å². The van der Waals surface area contributed by atoms with E-state index in [-0.39, 0.29) is 10.5 Å². The molecule has 2 N–H and O–H groups in total. The van der Waals surface area contributed by atoms with E-state index in [0.717, 1.165) is 16.7 Å². The van der Waals surface area contributed by atoms with Gasteiger partial charge in [0, 0.05) is 0 Å². The molecule has 3 rings (SSSR count). The third-order valence-corrected chi connectivity index (χ3v) is 4.92. The van der Waals surface area contributed by atoms with Gasteiger partial charge in [0.15, 0.2) is 0 Å². The average molecular weight is 412 g/mol. The molecule has 1 heterocycles. The number of anilines is 1. The Kier molecular flexibility index (Phi) is 5.99. The molecular weight excluding hydrogens is 396 g/mol. The number of hydrogen-bond acceptors (Lipinski definition) is 6. The van der Waals surface area contributed by atoms with Crippen LogP contribution in [0.3, 0.4) is 0 Å². The molecule has 2 aromatic rings. The van der Waals surface area contributed by atoms with Crippen molar-refractivity contribution >= 4 is 46.5 Å². The second kappa shape index (κ2) is 8.61. The first-order chi connectivity index (χ1) is 13.9. The third kappa shape index (κ3) is 4.64. The Morgan fingerprint density at radius 1 is 1.14 bits per heavy atom. The number of aromatic carboxylic acids is 1. The van der Waals surface area contributed by atoms with E-state index in [1.807, 2.05) is 0 Å². The summed E-state index contributed by atoms with van der Waals surface area (Å²) in [5, 5.41) is 11.0. The molecule has 0 aliphatic carbocycles. The highest BCUT2D eigenvalue weighted by molar-refractivity contribution is 8.18. The lowest BCUT2D eigenvalue weighted by Gasteiger charge is -2.14. The molecule has 9 heteroatoms. The number of carbonyl (C=O) groups is 4. The van der Waals surface area contributed by atoms with Gasteiger partial charge in [0.1, 0.15) is 12.3 Å². The number of thioether (sulfide) groups is 1. The van der Waals surface area contributed by atoms with E-state index in [9.17, 15) is 19.2 Å². The van der Waals surface area contributed by atoms with Gasteiger partial charge in [-0.15, -0.1) is 0 Å². The van der Waals surface area contributed by atoms with Crippen LogP contribution in [0.25, 0.3) is 6.08 Å². The van der Waals surface area contributed by atoms with Crippen molar-refractivity contribution < 1.29 is 29.0 Å². The van der Waals surface area contributed by atoms with Gasteiger partial charge in [-0.05, 0) is 47.7 Å². The Hall–Kier alpha value is -3.59. The fourth-order valence-corrected chi connectivity index (χ4v) is 3.43. The number of para-hydroxylation sites is 2. The number of nitrogens with zero attached hydrogens (tertiary/aromatic N) is 1. The second-order valence-electron chi connectivity index (χ2n) is 5.94. The van der Waals surface area contributed by atoms with Crippen molar-refractivity contribution in [3.8, 4) is 5.75 Å². The first kappa shape index (κ1) is 20.2. The highest BCUT2D eigenvalue weighted by Gasteiger charge is 2.36. The number of rotatable bonds is 6. The highest BCUT2D eigenvalue weighted by atomic mass is 32.2. The van der Waals surface area contributed by atoms with Crippen LogP contribution in [0, 0.1) is 0 Å². The Labute approximate surface area is 170 Å². The molecule has 0 atom stereocenters. The zero-order valence-corrected chi connectivity index (χ0v) is 16.1. The van der Waals surface area contributed by atoms with Gasteiger partial charge in [-0.1, -0.05) is 24.3 Å². The monoisotopic (exact) mass is 412 g/mol. The maximum absolute atomic E-state index is 12.5. The van der Waals surface area contributed by atoms with Gasteiger partial charge in [0.05, 0.1) is 23.3 Å². The molecule has 3 amide bonds. The summed E-state index contributed by atoms with van der Waals surface area (Å²) in [6.07, 6.45) is 1.48. The molecule has 0 unspecified atom stereocenters. The zero-order valence-electron chi connectivity index (χ0n) is 15.2. The van der Waals surface area contributed by atoms with Crippen molar-refractivity contribution in [1.29, 1.82) is 0 Å². The maximum Gasteiger partial charge on any atom is 0.335 e. The summed E-state index contributed by atoms with van der Waals surface area (Å²) in [5.74, 6) is -1.72. The number of amides is 3. The van der Waals surface area contributed by atoms with Gasteiger partial charge in [0.2, 0.25) is 5.91 Å². The van der Waals surface area contributed by atoms with E-state index in [1.165, 1.54) is 37.5 Å². The molecule has 8 nitrogen and oxygen atoms in total. The Balaban J connectivity index is 1.70. The smallest absolute Gasteiger partial charge is 0.335 e. The number of carbonyl (C=O) groups excluding carboxylic acids is 3. The van der Waals surface area contributed by atoms with Crippen molar-refractivity contribution in [1.82, 2.24) is 4.90 Å². The molecule has 1 aliphatic heterocycles. The molecule has 1 fully saturated rings. The number of carboxylic acids is 1. The number of hydrogen-bond donors (Lipinski definition) is 2. The number of benzene rings is 2. The molecule has 0 aromatic heterocycles. The van der Waals surface area contributed by atoms with Gasteiger partial charge in [-0.25, -0.2) is 4.79 Å². The van der Waals surface area contributed by atoms with E-state index in [4.69, 9.17) is 9.84 Å². The number of imide groups is 1. The molecule has 1 aliphatic rings. The van der Waals surface area contributed by atoms with Crippen LogP contribution in [0.2, 0.25) is 0 Å². The van der Waals surface area contributed by atoms with Crippen molar-refractivity contribution in [3.63, 3.8) is 0 Å². The number of carboxylic acid groups (broad SMARTS) is 1. The lowest BCUT2D eigenvalue weighted by atomic mass is 10.1. The fraction of sp³-hybridized carbons (Fsp3) is 0.100. The van der Waals surface area contributed by atoms with Crippen LogP contribution in [-0.4, -0.2) is 46.7 Å². The van der Waals surface area contributed by atoms with Gasteiger partial charge in [-0.3, -0.25) is 19.3 Å². The van der Waals surface area contributed by atoms with E-state index in [0.29, 0.717) is 17.0 Å². The van der Waals surface area contributed by atoms with Crippen LogP contribution in [0.15, 0.2) is 53.4 Å². The minimum atomic E-state index is -1.06. The number of methoxy groups -OCH3 is 1. The first-order valence-electron chi connectivity index (χ1n) is 8.40. The molecule has 0 radical (unpaired) electrons. The Morgan fingerprint density at radius 2 is 1.83 bits per heavy atom. The summed E-state index contributed by atoms with van der Waals surface area (Å²) in [7, 11) is 1.47. The summed E-state index contributed by atoms with van der Waals surface area (Å²) in [4.78, 5) is 48.9. The first-order valence-corrected chi connectivity index (χ1v) is 9.22. The summed E-state index contributed by atoms with van der Waals surface area (Å²) < 4.78 is 5.15. The summed E-state index contributed by atoms with van der Waals surface area (Å²) in [6.45, 7) is -0.433. The second-order valence-corrected chi connectivity index (χ2v) is 6.94. The van der Waals surface area contributed by atoms with Crippen LogP contribution in [-0.2, 0) is 9.59 Å². The minimum Gasteiger partial charge on any atom is -0.495 e. The third-order valence-electron chi connectivity index (χ3n) is 4.01. The van der Waals surface area contributed by atoms with Crippen molar-refractivity contribution in [2.75, 3.05) is 19.0 Å². The van der Waals surface area contributed by atoms with E-state index in [2.05, 4.69) is 5.32 Å². The van der Waals surface area contributed by atoms with Gasteiger partial charge >= 0.3 is 5.97 Å². The molecule has 2 aromatic carbocycles. The van der Waals surface area contributed by atoms with Gasteiger partial charge in [0.25, 0.3) is 11.1 Å². The van der Waals surface area contributed by atoms with Crippen molar-refractivity contribution in [2.45, 2.75) is 0 Å². The predicted octanol–water partition coefficient (Wildman–Crippen LogP) is 3.07. The lowest BCUT2D eigenvalue weighted by molar-refractivity contribution is -0.127. The average Bonchev–Trinajstić information content (AvgIpc) is 2.96.